The fourth-order valence-electron chi connectivity index (χ4n) is 3.56. The van der Waals surface area contributed by atoms with Gasteiger partial charge in [0.05, 0.1) is 6.54 Å². The zero-order valence-corrected chi connectivity index (χ0v) is 17.8. The second-order valence-electron chi connectivity index (χ2n) is 7.30. The summed E-state index contributed by atoms with van der Waals surface area (Å²) in [6.07, 6.45) is 3.09. The van der Waals surface area contributed by atoms with Crippen LogP contribution in [0, 0.1) is 0 Å². The number of hydrogen-bond acceptors (Lipinski definition) is 5. The van der Waals surface area contributed by atoms with Gasteiger partial charge in [-0.2, -0.15) is 0 Å². The third-order valence-corrected chi connectivity index (χ3v) is 5.45. The molecule has 0 saturated carbocycles. The number of benzene rings is 2. The molecule has 0 atom stereocenters. The van der Waals surface area contributed by atoms with Gasteiger partial charge < -0.3 is 24.6 Å². The minimum Gasteiger partial charge on any atom is -0.486 e. The second kappa shape index (κ2) is 9.75. The highest BCUT2D eigenvalue weighted by Gasteiger charge is 2.21. The Morgan fingerprint density at radius 3 is 2.55 bits per heavy atom. The van der Waals surface area contributed by atoms with E-state index in [-0.39, 0.29) is 18.4 Å². The summed E-state index contributed by atoms with van der Waals surface area (Å²) in [4.78, 5) is 28.5. The van der Waals surface area contributed by atoms with E-state index >= 15 is 0 Å². The van der Waals surface area contributed by atoms with E-state index in [0.29, 0.717) is 42.8 Å². The number of fused-ring (bicyclic) bond motifs is 1. The van der Waals surface area contributed by atoms with E-state index in [1.54, 1.807) is 11.0 Å². The number of carbonyl (C=O) groups is 2. The third kappa shape index (κ3) is 5.49. The number of carbonyl (C=O) groups excluding carboxylic acids is 2. The molecule has 0 aliphatic carbocycles. The first-order valence-electron chi connectivity index (χ1n) is 10.2. The Kier molecular flexibility index (Phi) is 6.62. The van der Waals surface area contributed by atoms with Crippen molar-refractivity contribution in [3.05, 3.63) is 59.1 Å². The summed E-state index contributed by atoms with van der Waals surface area (Å²) in [5, 5.41) is 3.36. The topological polar surface area (TPSA) is 71.1 Å². The highest BCUT2D eigenvalue weighted by molar-refractivity contribution is 6.30. The maximum atomic E-state index is 12.5. The second-order valence-corrected chi connectivity index (χ2v) is 7.74. The Morgan fingerprint density at radius 1 is 1.00 bits per heavy atom. The molecule has 2 heterocycles. The number of ether oxygens (including phenoxy) is 2. The Balaban J connectivity index is 1.22. The highest BCUT2D eigenvalue weighted by atomic mass is 35.5. The molecular weight excluding hydrogens is 418 g/mol. The van der Waals surface area contributed by atoms with Crippen LogP contribution in [0.2, 0.25) is 5.02 Å². The zero-order valence-electron chi connectivity index (χ0n) is 17.1. The van der Waals surface area contributed by atoms with Crippen LogP contribution in [-0.4, -0.2) is 62.7 Å². The number of hydrogen-bond donors (Lipinski definition) is 1. The van der Waals surface area contributed by atoms with E-state index in [2.05, 4.69) is 10.2 Å². The van der Waals surface area contributed by atoms with E-state index in [0.717, 1.165) is 24.3 Å². The van der Waals surface area contributed by atoms with Gasteiger partial charge in [-0.05, 0) is 42.0 Å². The van der Waals surface area contributed by atoms with Crippen LogP contribution in [-0.2, 0) is 9.59 Å². The van der Waals surface area contributed by atoms with Crippen molar-refractivity contribution in [1.29, 1.82) is 0 Å². The lowest BCUT2D eigenvalue weighted by atomic mass is 10.2. The van der Waals surface area contributed by atoms with Gasteiger partial charge in [0.2, 0.25) is 11.8 Å². The zero-order chi connectivity index (χ0) is 21.6. The van der Waals surface area contributed by atoms with E-state index in [9.17, 15) is 9.59 Å². The predicted octanol–water partition coefficient (Wildman–Crippen LogP) is 2.59. The van der Waals surface area contributed by atoms with E-state index in [1.165, 1.54) is 6.08 Å². The first kappa shape index (κ1) is 21.1. The van der Waals surface area contributed by atoms with Crippen LogP contribution < -0.4 is 19.7 Å². The molecule has 0 aromatic heterocycles. The van der Waals surface area contributed by atoms with Crippen LogP contribution >= 0.6 is 11.6 Å². The molecule has 0 unspecified atom stereocenters. The molecule has 2 amide bonds. The van der Waals surface area contributed by atoms with Crippen LogP contribution in [0.4, 0.5) is 5.69 Å². The molecule has 4 rings (SSSR count). The van der Waals surface area contributed by atoms with Gasteiger partial charge in [0.15, 0.2) is 11.5 Å². The molecule has 2 aromatic carbocycles. The maximum absolute atomic E-state index is 12.5. The molecule has 1 fully saturated rings. The van der Waals surface area contributed by atoms with E-state index < -0.39 is 0 Å². The molecule has 2 aliphatic heterocycles. The molecule has 0 radical (unpaired) electrons. The van der Waals surface area contributed by atoms with Gasteiger partial charge in [0.25, 0.3) is 0 Å². The van der Waals surface area contributed by atoms with Gasteiger partial charge in [-0.1, -0.05) is 23.7 Å². The number of piperazine rings is 1. The summed E-state index contributed by atoms with van der Waals surface area (Å²) < 4.78 is 11.0. The number of nitrogens with zero attached hydrogens (tertiary/aromatic N) is 2. The summed E-state index contributed by atoms with van der Waals surface area (Å²) in [5.74, 6) is 0.961. The summed E-state index contributed by atoms with van der Waals surface area (Å²) in [7, 11) is 0. The third-order valence-electron chi connectivity index (χ3n) is 5.21. The number of anilines is 1. The number of amides is 2. The van der Waals surface area contributed by atoms with Gasteiger partial charge in [-0.3, -0.25) is 9.59 Å². The summed E-state index contributed by atoms with van der Waals surface area (Å²) in [6.45, 7) is 3.68. The monoisotopic (exact) mass is 441 g/mol. The Hall–Kier alpha value is -3.19. The van der Waals surface area contributed by atoms with Crippen molar-refractivity contribution in [3.63, 3.8) is 0 Å². The first-order chi connectivity index (χ1) is 15.1. The van der Waals surface area contributed by atoms with Crippen molar-refractivity contribution in [1.82, 2.24) is 10.2 Å². The molecule has 1 saturated heterocycles. The number of halogens is 1. The van der Waals surface area contributed by atoms with Crippen molar-refractivity contribution in [2.75, 3.05) is 50.8 Å². The van der Waals surface area contributed by atoms with Gasteiger partial charge in [0.1, 0.15) is 13.2 Å². The fourth-order valence-corrected chi connectivity index (χ4v) is 3.74. The number of nitrogens with one attached hydrogen (secondary N) is 1. The van der Waals surface area contributed by atoms with Crippen molar-refractivity contribution >= 4 is 35.2 Å². The number of rotatable bonds is 5. The van der Waals surface area contributed by atoms with Crippen molar-refractivity contribution in [2.24, 2.45) is 0 Å². The molecule has 8 heteroatoms. The molecule has 0 bridgehead atoms. The van der Waals surface area contributed by atoms with Crippen LogP contribution in [0.15, 0.2) is 48.5 Å². The minimum atomic E-state index is -0.319. The molecule has 1 N–H and O–H groups in total. The van der Waals surface area contributed by atoms with Crippen molar-refractivity contribution in [2.45, 2.75) is 0 Å². The van der Waals surface area contributed by atoms with Crippen molar-refractivity contribution in [3.8, 4) is 11.5 Å². The van der Waals surface area contributed by atoms with Crippen LogP contribution in [0.25, 0.3) is 6.08 Å². The molecule has 7 nitrogen and oxygen atoms in total. The normalized spacial score (nSPS) is 15.8. The lowest BCUT2D eigenvalue weighted by Gasteiger charge is -2.36. The first-order valence-corrected chi connectivity index (χ1v) is 10.6. The highest BCUT2D eigenvalue weighted by Crippen LogP contribution is 2.31. The lowest BCUT2D eigenvalue weighted by Crippen LogP contribution is -2.51. The molecule has 2 aliphatic rings. The Morgan fingerprint density at radius 2 is 1.77 bits per heavy atom. The Bertz CT molecular complexity index is 987. The lowest BCUT2D eigenvalue weighted by molar-refractivity contribution is -0.132. The van der Waals surface area contributed by atoms with Crippen molar-refractivity contribution < 1.29 is 19.1 Å². The average molecular weight is 442 g/mol. The predicted molar refractivity (Wildman–Crippen MR) is 120 cm³/mol. The molecule has 2 aromatic rings. The smallest absolute Gasteiger partial charge is 0.244 e. The minimum absolute atomic E-state index is 0.0263. The van der Waals surface area contributed by atoms with Crippen LogP contribution in [0.5, 0.6) is 11.5 Å². The summed E-state index contributed by atoms with van der Waals surface area (Å²) in [6, 6.07) is 13.2. The molecular formula is C23H24ClN3O4. The van der Waals surface area contributed by atoms with Gasteiger partial charge in [-0.25, -0.2) is 0 Å². The Labute approximate surface area is 186 Å². The standard InChI is InChI=1S/C23H24ClN3O4/c24-18-2-1-3-19(15-18)26-8-10-27(11-9-26)23(29)16-25-22(28)7-5-17-4-6-20-21(14-17)31-13-12-30-20/h1-7,14-15H,8-13,16H2,(H,25,28)/b7-5+. The van der Waals surface area contributed by atoms with E-state index in [4.69, 9.17) is 21.1 Å². The average Bonchev–Trinajstić information content (AvgIpc) is 2.81. The van der Waals surface area contributed by atoms with Gasteiger partial charge in [0, 0.05) is 43.0 Å². The van der Waals surface area contributed by atoms with Crippen LogP contribution in [0.3, 0.4) is 0 Å². The molecule has 31 heavy (non-hydrogen) atoms. The quantitative estimate of drug-likeness (QED) is 0.722. The fraction of sp³-hybridized carbons (Fsp3) is 0.304. The van der Waals surface area contributed by atoms with E-state index in [1.807, 2.05) is 42.5 Å². The van der Waals surface area contributed by atoms with Crippen LogP contribution in [0.1, 0.15) is 5.56 Å². The SMILES string of the molecule is O=C(/C=C/c1ccc2c(c1)OCCO2)NCC(=O)N1CCN(c2cccc(Cl)c2)CC1. The maximum Gasteiger partial charge on any atom is 0.244 e. The molecule has 0 spiro atoms. The summed E-state index contributed by atoms with van der Waals surface area (Å²) >= 11 is 6.06. The molecule has 162 valence electrons. The van der Waals surface area contributed by atoms with Gasteiger partial charge in [-0.15, -0.1) is 0 Å². The largest absolute Gasteiger partial charge is 0.486 e. The van der Waals surface area contributed by atoms with Gasteiger partial charge >= 0.3 is 0 Å². The summed E-state index contributed by atoms with van der Waals surface area (Å²) in [5.41, 5.74) is 1.88.